The van der Waals surface area contributed by atoms with Crippen molar-refractivity contribution < 1.29 is 14.4 Å². The molecule has 0 saturated heterocycles. The molecule has 150 valence electrons. The second-order valence-corrected chi connectivity index (χ2v) is 7.11. The van der Waals surface area contributed by atoms with Gasteiger partial charge in [-0.15, -0.1) is 0 Å². The number of pyridine rings is 1. The van der Waals surface area contributed by atoms with Crippen LogP contribution in [0.5, 0.6) is 0 Å². The van der Waals surface area contributed by atoms with E-state index in [9.17, 15) is 14.4 Å². The van der Waals surface area contributed by atoms with Crippen molar-refractivity contribution in [1.82, 2.24) is 14.8 Å². The average molecular weight is 399 g/mol. The van der Waals surface area contributed by atoms with Gasteiger partial charge in [0.05, 0.1) is 11.1 Å². The van der Waals surface area contributed by atoms with Gasteiger partial charge in [-0.05, 0) is 48.4 Å². The number of carbonyl (C=O) groups is 3. The third-order valence-corrected chi connectivity index (χ3v) is 5.12. The van der Waals surface area contributed by atoms with Crippen molar-refractivity contribution in [3.05, 3.63) is 101 Å². The van der Waals surface area contributed by atoms with Gasteiger partial charge in [-0.2, -0.15) is 0 Å². The second kappa shape index (κ2) is 8.69. The molecule has 3 amide bonds. The molecule has 0 bridgehead atoms. The second-order valence-electron chi connectivity index (χ2n) is 7.11. The van der Waals surface area contributed by atoms with Gasteiger partial charge in [0.2, 0.25) is 0 Å². The smallest absolute Gasteiger partial charge is 0.261 e. The highest BCUT2D eigenvalue weighted by Gasteiger charge is 2.34. The third kappa shape index (κ3) is 3.98. The maximum Gasteiger partial charge on any atom is 0.261 e. The molecule has 0 N–H and O–H groups in total. The summed E-state index contributed by atoms with van der Waals surface area (Å²) >= 11 is 0. The van der Waals surface area contributed by atoms with Crippen LogP contribution in [0, 0.1) is 0 Å². The van der Waals surface area contributed by atoms with E-state index in [2.05, 4.69) is 4.98 Å². The highest BCUT2D eigenvalue weighted by atomic mass is 16.2. The standard InChI is InChI=1S/C24H21N3O3/c28-22(19-7-2-1-3-8-19)26(17-18-11-13-25-14-12-18)15-6-16-27-23(29)20-9-4-5-10-21(20)24(27)30/h1-5,7-14H,6,15-17H2. The fraction of sp³-hybridized carbons (Fsp3) is 0.167. The normalized spacial score (nSPS) is 12.7. The molecule has 0 radical (unpaired) electrons. The first-order valence-corrected chi connectivity index (χ1v) is 9.83. The van der Waals surface area contributed by atoms with Crippen molar-refractivity contribution >= 4 is 17.7 Å². The number of aromatic nitrogens is 1. The van der Waals surface area contributed by atoms with E-state index >= 15 is 0 Å². The quantitative estimate of drug-likeness (QED) is 0.571. The zero-order valence-corrected chi connectivity index (χ0v) is 16.4. The Balaban J connectivity index is 1.45. The molecular weight excluding hydrogens is 378 g/mol. The van der Waals surface area contributed by atoms with Gasteiger partial charge in [0, 0.05) is 37.6 Å². The Kier molecular flexibility index (Phi) is 5.66. The Bertz CT molecular complexity index is 1030. The Morgan fingerprint density at radius 2 is 1.43 bits per heavy atom. The molecule has 2 heterocycles. The highest BCUT2D eigenvalue weighted by molar-refractivity contribution is 6.21. The SMILES string of the molecule is O=C(c1ccccc1)N(CCCN1C(=O)c2ccccc2C1=O)Cc1ccncc1. The molecule has 0 saturated carbocycles. The maximum absolute atomic E-state index is 13.0. The van der Waals surface area contributed by atoms with Crippen molar-refractivity contribution in [2.75, 3.05) is 13.1 Å². The van der Waals surface area contributed by atoms with E-state index < -0.39 is 0 Å². The number of rotatable bonds is 7. The lowest BCUT2D eigenvalue weighted by atomic mass is 10.1. The van der Waals surface area contributed by atoms with E-state index in [0.29, 0.717) is 36.2 Å². The molecule has 0 atom stereocenters. The molecule has 1 aromatic heterocycles. The lowest BCUT2D eigenvalue weighted by molar-refractivity contribution is 0.0640. The van der Waals surface area contributed by atoms with Gasteiger partial charge in [0.25, 0.3) is 17.7 Å². The number of hydrogen-bond acceptors (Lipinski definition) is 4. The lowest BCUT2D eigenvalue weighted by Crippen LogP contribution is -2.36. The van der Waals surface area contributed by atoms with Gasteiger partial charge in [0.1, 0.15) is 0 Å². The minimum atomic E-state index is -0.273. The summed E-state index contributed by atoms with van der Waals surface area (Å²) in [5.74, 6) is -0.633. The van der Waals surface area contributed by atoms with Crippen LogP contribution in [-0.2, 0) is 6.54 Å². The highest BCUT2D eigenvalue weighted by Crippen LogP contribution is 2.22. The molecule has 6 nitrogen and oxygen atoms in total. The van der Waals surface area contributed by atoms with E-state index in [1.807, 2.05) is 30.3 Å². The summed E-state index contributed by atoms with van der Waals surface area (Å²) in [5, 5.41) is 0. The molecule has 0 unspecified atom stereocenters. The fourth-order valence-electron chi connectivity index (χ4n) is 3.59. The van der Waals surface area contributed by atoms with E-state index in [1.165, 1.54) is 4.90 Å². The van der Waals surface area contributed by atoms with Gasteiger partial charge < -0.3 is 4.90 Å². The first-order valence-electron chi connectivity index (χ1n) is 9.83. The molecule has 30 heavy (non-hydrogen) atoms. The summed E-state index contributed by atoms with van der Waals surface area (Å²) in [6, 6.07) is 19.7. The molecular formula is C24H21N3O3. The predicted molar refractivity (Wildman–Crippen MR) is 112 cm³/mol. The number of benzene rings is 2. The monoisotopic (exact) mass is 399 g/mol. The molecule has 3 aromatic rings. The minimum absolute atomic E-state index is 0.0882. The summed E-state index contributed by atoms with van der Waals surface area (Å²) in [4.78, 5) is 45.2. The molecule has 0 aliphatic carbocycles. The Morgan fingerprint density at radius 3 is 2.07 bits per heavy atom. The lowest BCUT2D eigenvalue weighted by Gasteiger charge is -2.24. The van der Waals surface area contributed by atoms with Crippen LogP contribution >= 0.6 is 0 Å². The molecule has 1 aliphatic heterocycles. The summed E-state index contributed by atoms with van der Waals surface area (Å²) in [5.41, 5.74) is 2.45. The number of amides is 3. The third-order valence-electron chi connectivity index (χ3n) is 5.12. The summed E-state index contributed by atoms with van der Waals surface area (Å²) in [6.07, 6.45) is 3.88. The molecule has 6 heteroatoms. The number of nitrogens with zero attached hydrogens (tertiary/aromatic N) is 3. The van der Waals surface area contributed by atoms with Crippen molar-refractivity contribution in [3.8, 4) is 0 Å². The summed E-state index contributed by atoms with van der Waals surface area (Å²) in [7, 11) is 0. The van der Waals surface area contributed by atoms with Gasteiger partial charge in [-0.25, -0.2) is 0 Å². The van der Waals surface area contributed by atoms with Crippen molar-refractivity contribution in [1.29, 1.82) is 0 Å². The number of hydrogen-bond donors (Lipinski definition) is 0. The number of imide groups is 1. The van der Waals surface area contributed by atoms with Gasteiger partial charge in [0.15, 0.2) is 0 Å². The minimum Gasteiger partial charge on any atom is -0.334 e. The number of carbonyl (C=O) groups excluding carboxylic acids is 3. The van der Waals surface area contributed by atoms with Crippen LogP contribution < -0.4 is 0 Å². The van der Waals surface area contributed by atoms with Gasteiger partial charge >= 0.3 is 0 Å². The van der Waals surface area contributed by atoms with Crippen LogP contribution in [0.1, 0.15) is 43.1 Å². The van der Waals surface area contributed by atoms with Crippen LogP contribution in [0.2, 0.25) is 0 Å². The van der Waals surface area contributed by atoms with Crippen molar-refractivity contribution in [2.24, 2.45) is 0 Å². The van der Waals surface area contributed by atoms with Crippen LogP contribution in [0.25, 0.3) is 0 Å². The van der Waals surface area contributed by atoms with Crippen molar-refractivity contribution in [3.63, 3.8) is 0 Å². The van der Waals surface area contributed by atoms with E-state index in [1.54, 1.807) is 53.7 Å². The average Bonchev–Trinajstić information content (AvgIpc) is 3.04. The van der Waals surface area contributed by atoms with Crippen LogP contribution in [0.4, 0.5) is 0 Å². The first kappa shape index (κ1) is 19.5. The molecule has 0 fully saturated rings. The van der Waals surface area contributed by atoms with Gasteiger partial charge in [-0.3, -0.25) is 24.3 Å². The van der Waals surface area contributed by atoms with Crippen LogP contribution in [0.15, 0.2) is 79.1 Å². The summed E-state index contributed by atoms with van der Waals surface area (Å²) < 4.78 is 0. The predicted octanol–water partition coefficient (Wildman–Crippen LogP) is 3.41. The Labute approximate surface area is 174 Å². The Hall–Kier alpha value is -3.80. The van der Waals surface area contributed by atoms with E-state index in [-0.39, 0.29) is 24.3 Å². The molecule has 1 aliphatic rings. The Morgan fingerprint density at radius 1 is 0.833 bits per heavy atom. The van der Waals surface area contributed by atoms with E-state index in [4.69, 9.17) is 0 Å². The topological polar surface area (TPSA) is 70.6 Å². The fourth-order valence-corrected chi connectivity index (χ4v) is 3.59. The molecule has 2 aromatic carbocycles. The van der Waals surface area contributed by atoms with Crippen LogP contribution in [-0.4, -0.2) is 45.6 Å². The van der Waals surface area contributed by atoms with Gasteiger partial charge in [-0.1, -0.05) is 30.3 Å². The number of fused-ring (bicyclic) bond motifs is 1. The first-order chi connectivity index (χ1) is 14.6. The zero-order chi connectivity index (χ0) is 20.9. The summed E-state index contributed by atoms with van der Waals surface area (Å²) in [6.45, 7) is 1.11. The van der Waals surface area contributed by atoms with Crippen LogP contribution in [0.3, 0.4) is 0 Å². The van der Waals surface area contributed by atoms with E-state index in [0.717, 1.165) is 5.56 Å². The van der Waals surface area contributed by atoms with Crippen molar-refractivity contribution in [2.45, 2.75) is 13.0 Å². The maximum atomic E-state index is 13.0. The molecule has 0 spiro atoms. The molecule has 4 rings (SSSR count). The largest absolute Gasteiger partial charge is 0.334 e. The zero-order valence-electron chi connectivity index (χ0n) is 16.4.